The van der Waals surface area contributed by atoms with Gasteiger partial charge in [0.15, 0.2) is 5.76 Å². The Morgan fingerprint density at radius 3 is 2.63 bits per heavy atom. The summed E-state index contributed by atoms with van der Waals surface area (Å²) < 4.78 is 5.43. The van der Waals surface area contributed by atoms with Crippen molar-refractivity contribution in [2.45, 2.75) is 26.7 Å². The van der Waals surface area contributed by atoms with Crippen LogP contribution < -0.4 is 10.9 Å². The van der Waals surface area contributed by atoms with Crippen molar-refractivity contribution in [1.29, 1.82) is 0 Å². The minimum Gasteiger partial charge on any atom is -0.463 e. The first-order valence-electron chi connectivity index (χ1n) is 9.57. The highest BCUT2D eigenvalue weighted by Gasteiger charge is 2.18. The summed E-state index contributed by atoms with van der Waals surface area (Å²) in [6.45, 7) is 3.85. The van der Waals surface area contributed by atoms with Crippen LogP contribution in [-0.4, -0.2) is 21.8 Å². The minimum atomic E-state index is -0.439. The molecule has 152 valence electrons. The van der Waals surface area contributed by atoms with E-state index in [1.807, 2.05) is 24.3 Å². The second-order valence-corrected chi connectivity index (χ2v) is 7.81. The van der Waals surface area contributed by atoms with Crippen molar-refractivity contribution < 1.29 is 14.0 Å². The number of rotatable bonds is 5. The van der Waals surface area contributed by atoms with Crippen LogP contribution in [0.25, 0.3) is 22.4 Å². The van der Waals surface area contributed by atoms with Crippen LogP contribution >= 0.6 is 11.3 Å². The van der Waals surface area contributed by atoms with Gasteiger partial charge >= 0.3 is 0 Å². The van der Waals surface area contributed by atoms with Gasteiger partial charge in [0, 0.05) is 5.39 Å². The lowest BCUT2D eigenvalue weighted by atomic mass is 10.1. The molecule has 4 rings (SSSR count). The Bertz CT molecular complexity index is 1210. The van der Waals surface area contributed by atoms with Crippen LogP contribution in [0.2, 0.25) is 0 Å². The predicted molar refractivity (Wildman–Crippen MR) is 115 cm³/mol. The number of thiazole rings is 1. The highest BCUT2D eigenvalue weighted by atomic mass is 32.1. The molecule has 0 radical (unpaired) electrons. The highest BCUT2D eigenvalue weighted by molar-refractivity contribution is 7.13. The molecule has 0 spiro atoms. The molecule has 0 unspecified atom stereocenters. The number of para-hydroxylation sites is 1. The molecule has 0 saturated heterocycles. The number of hydrazine groups is 1. The van der Waals surface area contributed by atoms with Gasteiger partial charge in [0.1, 0.15) is 10.6 Å². The van der Waals surface area contributed by atoms with E-state index in [2.05, 4.69) is 27.7 Å². The monoisotopic (exact) mass is 420 g/mol. The van der Waals surface area contributed by atoms with Gasteiger partial charge in [-0.25, -0.2) is 9.97 Å². The van der Waals surface area contributed by atoms with Crippen molar-refractivity contribution >= 4 is 34.1 Å². The molecule has 3 aromatic heterocycles. The van der Waals surface area contributed by atoms with Crippen molar-refractivity contribution in [1.82, 2.24) is 20.8 Å². The number of hydrogen-bond donors (Lipinski definition) is 2. The van der Waals surface area contributed by atoms with E-state index in [0.29, 0.717) is 38.5 Å². The van der Waals surface area contributed by atoms with E-state index in [0.717, 1.165) is 17.8 Å². The average Bonchev–Trinajstić information content (AvgIpc) is 3.41. The first-order chi connectivity index (χ1) is 14.6. The fraction of sp³-hybridized carbons (Fsp3) is 0.182. The fourth-order valence-corrected chi connectivity index (χ4v) is 4.20. The van der Waals surface area contributed by atoms with Gasteiger partial charge < -0.3 is 4.42 Å². The Morgan fingerprint density at radius 1 is 1.07 bits per heavy atom. The SMILES string of the molecule is CCCc1nc(C)c(C(=O)NNC(=O)c2cc(-c3ccco3)nc3ccccc23)s1. The third-order valence-electron chi connectivity index (χ3n) is 4.53. The van der Waals surface area contributed by atoms with Gasteiger partial charge in [-0.3, -0.25) is 20.4 Å². The predicted octanol–water partition coefficient (Wildman–Crippen LogP) is 4.29. The molecule has 8 heteroatoms. The topological polar surface area (TPSA) is 97.1 Å². The number of carbonyl (C=O) groups is 2. The quantitative estimate of drug-likeness (QED) is 0.470. The standard InChI is InChI=1S/C22H20N4O3S/c1-3-7-19-23-13(2)20(30-19)22(28)26-25-21(27)15-12-17(18-10-6-11-29-18)24-16-9-5-4-8-14(15)16/h4-6,8-12H,3,7H2,1-2H3,(H,25,27)(H,26,28). The number of fused-ring (bicyclic) bond motifs is 1. The summed E-state index contributed by atoms with van der Waals surface area (Å²) in [5, 5.41) is 1.59. The lowest BCUT2D eigenvalue weighted by molar-refractivity contribution is 0.0849. The Kier molecular flexibility index (Phi) is 5.58. The van der Waals surface area contributed by atoms with Gasteiger partial charge in [-0.2, -0.15) is 0 Å². The molecule has 0 aliphatic heterocycles. The zero-order chi connectivity index (χ0) is 21.1. The first-order valence-corrected chi connectivity index (χ1v) is 10.4. The summed E-state index contributed by atoms with van der Waals surface area (Å²) in [5.41, 5.74) is 7.26. The van der Waals surface area contributed by atoms with Crippen LogP contribution in [0.15, 0.2) is 53.1 Å². The summed E-state index contributed by atoms with van der Waals surface area (Å²) in [4.78, 5) is 34.9. The molecule has 0 fully saturated rings. The van der Waals surface area contributed by atoms with Crippen molar-refractivity contribution in [2.75, 3.05) is 0 Å². The summed E-state index contributed by atoms with van der Waals surface area (Å²) in [6, 6.07) is 12.5. The van der Waals surface area contributed by atoms with Gasteiger partial charge in [0.2, 0.25) is 0 Å². The van der Waals surface area contributed by atoms with Gasteiger partial charge in [0.25, 0.3) is 11.8 Å². The normalized spacial score (nSPS) is 10.9. The molecule has 1 aromatic carbocycles. The Balaban J connectivity index is 1.58. The Morgan fingerprint density at radius 2 is 1.87 bits per heavy atom. The maximum Gasteiger partial charge on any atom is 0.281 e. The maximum atomic E-state index is 12.9. The molecular weight excluding hydrogens is 400 g/mol. The van der Waals surface area contributed by atoms with Crippen LogP contribution in [0.3, 0.4) is 0 Å². The Labute approximate surface area is 177 Å². The Hall–Kier alpha value is -3.52. The first kappa shape index (κ1) is 19.8. The van der Waals surface area contributed by atoms with Crippen LogP contribution in [0.5, 0.6) is 0 Å². The average molecular weight is 420 g/mol. The molecule has 7 nitrogen and oxygen atoms in total. The molecule has 0 saturated carbocycles. The number of nitrogens with zero attached hydrogens (tertiary/aromatic N) is 2. The van der Waals surface area contributed by atoms with Crippen LogP contribution in [0.1, 0.15) is 44.1 Å². The van der Waals surface area contributed by atoms with E-state index in [4.69, 9.17) is 4.42 Å². The van der Waals surface area contributed by atoms with Crippen molar-refractivity contribution in [3.05, 3.63) is 69.9 Å². The zero-order valence-electron chi connectivity index (χ0n) is 16.6. The van der Waals surface area contributed by atoms with Gasteiger partial charge in [-0.05, 0) is 44.0 Å². The lowest BCUT2D eigenvalue weighted by Crippen LogP contribution is -2.41. The molecule has 0 bridgehead atoms. The molecule has 0 aliphatic carbocycles. The summed E-state index contributed by atoms with van der Waals surface area (Å²) in [5.74, 6) is -0.265. The van der Waals surface area contributed by atoms with Gasteiger partial charge in [-0.15, -0.1) is 11.3 Å². The van der Waals surface area contributed by atoms with Gasteiger partial charge in [0.05, 0.1) is 28.0 Å². The molecule has 4 aromatic rings. The molecular formula is C22H20N4O3S. The van der Waals surface area contributed by atoms with Crippen LogP contribution in [0.4, 0.5) is 0 Å². The zero-order valence-corrected chi connectivity index (χ0v) is 17.4. The second kappa shape index (κ2) is 8.46. The number of carbonyl (C=O) groups excluding carboxylic acids is 2. The third kappa shape index (κ3) is 3.95. The third-order valence-corrected chi connectivity index (χ3v) is 5.75. The number of nitrogens with one attached hydrogen (secondary N) is 2. The van der Waals surface area contributed by atoms with Crippen LogP contribution in [0, 0.1) is 6.92 Å². The van der Waals surface area contributed by atoms with Crippen molar-refractivity contribution in [2.24, 2.45) is 0 Å². The largest absolute Gasteiger partial charge is 0.463 e. The lowest BCUT2D eigenvalue weighted by Gasteiger charge is -2.10. The number of furan rings is 1. The maximum absolute atomic E-state index is 12.9. The fourth-order valence-electron chi connectivity index (χ4n) is 3.14. The number of hydrogen-bond acceptors (Lipinski definition) is 6. The number of aryl methyl sites for hydroxylation is 2. The van der Waals surface area contributed by atoms with E-state index >= 15 is 0 Å². The molecule has 3 heterocycles. The van der Waals surface area contributed by atoms with E-state index in [1.54, 1.807) is 31.4 Å². The van der Waals surface area contributed by atoms with E-state index in [9.17, 15) is 9.59 Å². The second-order valence-electron chi connectivity index (χ2n) is 6.73. The molecule has 2 N–H and O–H groups in total. The summed E-state index contributed by atoms with van der Waals surface area (Å²) >= 11 is 1.35. The molecule has 2 amide bonds. The smallest absolute Gasteiger partial charge is 0.281 e. The number of benzene rings is 1. The van der Waals surface area contributed by atoms with Crippen LogP contribution in [-0.2, 0) is 6.42 Å². The molecule has 30 heavy (non-hydrogen) atoms. The number of amides is 2. The molecule has 0 aliphatic rings. The number of aromatic nitrogens is 2. The van der Waals surface area contributed by atoms with Crippen molar-refractivity contribution in [3.8, 4) is 11.5 Å². The van der Waals surface area contributed by atoms with Crippen molar-refractivity contribution in [3.63, 3.8) is 0 Å². The highest BCUT2D eigenvalue weighted by Crippen LogP contribution is 2.25. The summed E-state index contributed by atoms with van der Waals surface area (Å²) in [7, 11) is 0. The van der Waals surface area contributed by atoms with E-state index in [1.165, 1.54) is 11.3 Å². The van der Waals surface area contributed by atoms with Gasteiger partial charge in [-0.1, -0.05) is 25.1 Å². The van der Waals surface area contributed by atoms with E-state index < -0.39 is 5.91 Å². The van der Waals surface area contributed by atoms with E-state index in [-0.39, 0.29) is 5.91 Å². The molecule has 0 atom stereocenters. The minimum absolute atomic E-state index is 0.384. The number of pyridine rings is 1. The summed E-state index contributed by atoms with van der Waals surface area (Å²) in [6.07, 6.45) is 3.33.